The number of nitrogens with one attached hydrogen (secondary N) is 1. The number of nitrogens with two attached hydrogens (primary N) is 1. The molecule has 0 saturated carbocycles. The molecule has 1 aromatic rings. The molecule has 1 rings (SSSR count). The first-order valence-electron chi connectivity index (χ1n) is 6.73. The van der Waals surface area contributed by atoms with E-state index in [-0.39, 0.29) is 12.1 Å². The Balaban J connectivity index is 2.38. The predicted octanol–water partition coefficient (Wildman–Crippen LogP) is 1.76. The summed E-state index contributed by atoms with van der Waals surface area (Å²) in [5.41, 5.74) is 8.01. The van der Waals surface area contributed by atoms with Crippen molar-refractivity contribution in [2.75, 3.05) is 18.9 Å². The summed E-state index contributed by atoms with van der Waals surface area (Å²) in [5.74, 6) is 0. The topological polar surface area (TPSA) is 79.9 Å². The van der Waals surface area contributed by atoms with Crippen LogP contribution in [0.15, 0.2) is 29.4 Å². The van der Waals surface area contributed by atoms with Gasteiger partial charge < -0.3 is 21.0 Å². The van der Waals surface area contributed by atoms with Crippen molar-refractivity contribution in [3.63, 3.8) is 0 Å². The molecule has 5 heteroatoms. The van der Waals surface area contributed by atoms with E-state index >= 15 is 0 Å². The Bertz CT molecular complexity index is 435. The standard InChI is InChI=1S/C15H25N3O2/c1-11(12-5-7-13(16)8-6-12)18-20-10-14(19)9-17-15(2,3)4/h5-8,14,17,19H,9-10,16H2,1-4H3/b18-11+. The van der Waals surface area contributed by atoms with Crippen molar-refractivity contribution < 1.29 is 9.94 Å². The van der Waals surface area contributed by atoms with E-state index in [1.165, 1.54) is 0 Å². The van der Waals surface area contributed by atoms with Crippen LogP contribution in [0.4, 0.5) is 5.69 Å². The zero-order chi connectivity index (χ0) is 15.2. The summed E-state index contributed by atoms with van der Waals surface area (Å²) < 4.78 is 0. The first-order valence-corrected chi connectivity index (χ1v) is 6.73. The van der Waals surface area contributed by atoms with Gasteiger partial charge in [0, 0.05) is 17.8 Å². The number of β-amino-alcohol motifs (C(OH)–C–C–N with tert-alkyl or cyclic N) is 1. The monoisotopic (exact) mass is 279 g/mol. The number of hydrogen-bond acceptors (Lipinski definition) is 5. The molecule has 0 aliphatic rings. The van der Waals surface area contributed by atoms with Crippen molar-refractivity contribution in [3.05, 3.63) is 29.8 Å². The summed E-state index contributed by atoms with van der Waals surface area (Å²) in [5, 5.41) is 17.0. The number of nitrogen functional groups attached to an aromatic ring is 1. The molecule has 0 fully saturated rings. The number of benzene rings is 1. The van der Waals surface area contributed by atoms with Gasteiger partial charge in [0.25, 0.3) is 0 Å². The first kappa shape index (κ1) is 16.5. The molecule has 1 atom stereocenters. The van der Waals surface area contributed by atoms with Crippen molar-refractivity contribution in [1.29, 1.82) is 0 Å². The molecule has 0 radical (unpaired) electrons. The Morgan fingerprint density at radius 3 is 2.50 bits per heavy atom. The number of hydrogen-bond donors (Lipinski definition) is 3. The Morgan fingerprint density at radius 1 is 1.35 bits per heavy atom. The largest absolute Gasteiger partial charge is 0.399 e. The minimum Gasteiger partial charge on any atom is -0.399 e. The highest BCUT2D eigenvalue weighted by Gasteiger charge is 2.12. The molecule has 0 bridgehead atoms. The normalized spacial score (nSPS) is 14.2. The quantitative estimate of drug-likeness (QED) is 0.421. The molecular formula is C15H25N3O2. The summed E-state index contributed by atoms with van der Waals surface area (Å²) in [7, 11) is 0. The summed E-state index contributed by atoms with van der Waals surface area (Å²) >= 11 is 0. The molecule has 0 heterocycles. The maximum atomic E-state index is 9.76. The Labute approximate surface area is 120 Å². The third-order valence-electron chi connectivity index (χ3n) is 2.66. The smallest absolute Gasteiger partial charge is 0.144 e. The van der Waals surface area contributed by atoms with Crippen molar-refractivity contribution in [3.8, 4) is 0 Å². The van der Waals surface area contributed by atoms with E-state index in [0.29, 0.717) is 12.2 Å². The molecule has 1 aromatic carbocycles. The van der Waals surface area contributed by atoms with E-state index in [2.05, 4.69) is 10.5 Å². The maximum Gasteiger partial charge on any atom is 0.144 e. The number of nitrogens with zero attached hydrogens (tertiary/aromatic N) is 1. The zero-order valence-corrected chi connectivity index (χ0v) is 12.7. The van der Waals surface area contributed by atoms with Crippen LogP contribution in [0, 0.1) is 0 Å². The van der Waals surface area contributed by atoms with Crippen molar-refractivity contribution in [2.24, 2.45) is 5.16 Å². The van der Waals surface area contributed by atoms with Gasteiger partial charge in [-0.3, -0.25) is 0 Å². The lowest BCUT2D eigenvalue weighted by atomic mass is 10.1. The summed E-state index contributed by atoms with van der Waals surface area (Å²) in [6.45, 7) is 8.62. The fraction of sp³-hybridized carbons (Fsp3) is 0.533. The number of rotatable bonds is 6. The maximum absolute atomic E-state index is 9.76. The van der Waals surface area contributed by atoms with Crippen LogP contribution in [0.3, 0.4) is 0 Å². The zero-order valence-electron chi connectivity index (χ0n) is 12.7. The van der Waals surface area contributed by atoms with Gasteiger partial charge in [0.15, 0.2) is 0 Å². The van der Waals surface area contributed by atoms with Crippen LogP contribution in [-0.2, 0) is 4.84 Å². The van der Waals surface area contributed by atoms with E-state index in [4.69, 9.17) is 10.6 Å². The lowest BCUT2D eigenvalue weighted by molar-refractivity contribution is 0.0373. The van der Waals surface area contributed by atoms with Gasteiger partial charge in [0.1, 0.15) is 12.7 Å². The lowest BCUT2D eigenvalue weighted by Crippen LogP contribution is -2.42. The fourth-order valence-electron chi connectivity index (χ4n) is 1.48. The first-order chi connectivity index (χ1) is 9.28. The summed E-state index contributed by atoms with van der Waals surface area (Å²) in [6, 6.07) is 7.40. The number of aliphatic hydroxyl groups is 1. The van der Waals surface area contributed by atoms with Gasteiger partial charge >= 0.3 is 0 Å². The number of aliphatic hydroxyl groups excluding tert-OH is 1. The molecule has 1 unspecified atom stereocenters. The second-order valence-corrected chi connectivity index (χ2v) is 5.88. The predicted molar refractivity (Wildman–Crippen MR) is 82.8 cm³/mol. The Kier molecular flexibility index (Phi) is 5.98. The molecule has 112 valence electrons. The van der Waals surface area contributed by atoms with Crippen LogP contribution in [-0.4, -0.2) is 35.6 Å². The molecule has 4 N–H and O–H groups in total. The van der Waals surface area contributed by atoms with Crippen LogP contribution in [0.25, 0.3) is 0 Å². The van der Waals surface area contributed by atoms with E-state index in [1.54, 1.807) is 0 Å². The molecule has 0 aromatic heterocycles. The molecule has 20 heavy (non-hydrogen) atoms. The summed E-state index contributed by atoms with van der Waals surface area (Å²) in [4.78, 5) is 5.17. The van der Waals surface area contributed by atoms with E-state index < -0.39 is 6.10 Å². The van der Waals surface area contributed by atoms with Gasteiger partial charge in [0.2, 0.25) is 0 Å². The number of anilines is 1. The molecule has 0 aliphatic heterocycles. The molecule has 0 aliphatic carbocycles. The average Bonchev–Trinajstić information content (AvgIpc) is 2.36. The van der Waals surface area contributed by atoms with E-state index in [1.807, 2.05) is 52.0 Å². The highest BCUT2D eigenvalue weighted by molar-refractivity contribution is 5.98. The van der Waals surface area contributed by atoms with Gasteiger partial charge in [-0.25, -0.2) is 0 Å². The van der Waals surface area contributed by atoms with E-state index in [9.17, 15) is 5.11 Å². The molecule has 5 nitrogen and oxygen atoms in total. The van der Waals surface area contributed by atoms with Crippen molar-refractivity contribution >= 4 is 11.4 Å². The number of oxime groups is 1. The molecule has 0 saturated heterocycles. The SMILES string of the molecule is C/C(=N\OCC(O)CNC(C)(C)C)c1ccc(N)cc1. The van der Waals surface area contributed by atoms with Crippen LogP contribution >= 0.6 is 0 Å². The fourth-order valence-corrected chi connectivity index (χ4v) is 1.48. The van der Waals surface area contributed by atoms with Gasteiger partial charge in [-0.15, -0.1) is 0 Å². The second-order valence-electron chi connectivity index (χ2n) is 5.88. The lowest BCUT2D eigenvalue weighted by Gasteiger charge is -2.22. The van der Waals surface area contributed by atoms with Crippen LogP contribution in [0.2, 0.25) is 0 Å². The highest BCUT2D eigenvalue weighted by atomic mass is 16.6. The average molecular weight is 279 g/mol. The molecule has 0 spiro atoms. The van der Waals surface area contributed by atoms with E-state index in [0.717, 1.165) is 11.3 Å². The van der Waals surface area contributed by atoms with Gasteiger partial charge in [0.05, 0.1) is 5.71 Å². The van der Waals surface area contributed by atoms with Crippen LogP contribution in [0.1, 0.15) is 33.3 Å². The van der Waals surface area contributed by atoms with Gasteiger partial charge in [-0.2, -0.15) is 0 Å². The van der Waals surface area contributed by atoms with Crippen LogP contribution < -0.4 is 11.1 Å². The third-order valence-corrected chi connectivity index (χ3v) is 2.66. The summed E-state index contributed by atoms with van der Waals surface area (Å²) in [6.07, 6.45) is -0.586. The van der Waals surface area contributed by atoms with Gasteiger partial charge in [-0.1, -0.05) is 17.3 Å². The minimum absolute atomic E-state index is 0.0237. The Hall–Kier alpha value is -1.59. The molecule has 0 amide bonds. The van der Waals surface area contributed by atoms with Crippen molar-refractivity contribution in [1.82, 2.24) is 5.32 Å². The molecular weight excluding hydrogens is 254 g/mol. The van der Waals surface area contributed by atoms with Gasteiger partial charge in [-0.05, 0) is 45.4 Å². The van der Waals surface area contributed by atoms with Crippen LogP contribution in [0.5, 0.6) is 0 Å². The Morgan fingerprint density at radius 2 is 1.95 bits per heavy atom. The third kappa shape index (κ3) is 6.54. The highest BCUT2D eigenvalue weighted by Crippen LogP contribution is 2.07. The van der Waals surface area contributed by atoms with Crippen molar-refractivity contribution in [2.45, 2.75) is 39.3 Å². The minimum atomic E-state index is -0.586. The second kappa shape index (κ2) is 7.26.